The lowest BCUT2D eigenvalue weighted by molar-refractivity contribution is -0.384. The van der Waals surface area contributed by atoms with Crippen molar-refractivity contribution in [3.8, 4) is 0 Å². The molecule has 784 valence electrons. The number of amides is 4. The van der Waals surface area contributed by atoms with Crippen LogP contribution in [0.2, 0.25) is 6.82 Å². The van der Waals surface area contributed by atoms with Crippen LogP contribution in [0.15, 0.2) is 388 Å². The number of nitrogens with one attached hydrogen (secondary N) is 1. The number of thioether (sulfide) groups is 4. The van der Waals surface area contributed by atoms with Crippen LogP contribution in [0.4, 0.5) is 10.5 Å². The van der Waals surface area contributed by atoms with E-state index in [2.05, 4.69) is 379 Å². The first-order valence-electron chi connectivity index (χ1n) is 53.8. The number of nitro groups is 1. The SMILES string of the molecule is C.CB(O)N(CCCCC(=O)N(CCCCCCSC(c1ccccc1)(c1ccccc1)c1ccccc1)CCCCCCSC(c1ccccc1)(c1ccccc1)c1ccccc1)CCNC(=O)Cc1ccc([N+](=O)[O-])cc1.CC(C)(C)OC(=O)N(CCN)CCCCC(=O)N(CCCCCCSC(c1ccccc1)(c1ccccc1)c1ccccc1)CCCCCCSC(c1ccccc1)(c1ccccc1)c1ccccc1. The van der Waals surface area contributed by atoms with E-state index >= 15 is 0 Å². The Morgan fingerprint density at radius 3 is 0.779 bits per heavy atom. The lowest BCUT2D eigenvalue weighted by Crippen LogP contribution is -2.43. The molecular weight excluding hydrogens is 1910 g/mol. The van der Waals surface area contributed by atoms with Crippen molar-refractivity contribution in [1.82, 2.24) is 24.8 Å². The summed E-state index contributed by atoms with van der Waals surface area (Å²) in [7, 11) is -0.710. The average molecular weight is 2070 g/mol. The van der Waals surface area contributed by atoms with E-state index in [1.807, 2.05) is 72.6 Å². The lowest BCUT2D eigenvalue weighted by atomic mass is 9.84. The molecule has 0 saturated heterocycles. The van der Waals surface area contributed by atoms with Crippen molar-refractivity contribution in [3.05, 3.63) is 471 Å². The molecule has 0 aromatic heterocycles. The van der Waals surface area contributed by atoms with Gasteiger partial charge in [-0.25, -0.2) is 4.79 Å². The van der Waals surface area contributed by atoms with Gasteiger partial charge in [0.25, 0.3) is 5.69 Å². The zero-order chi connectivity index (χ0) is 104. The van der Waals surface area contributed by atoms with Crippen LogP contribution in [0.5, 0.6) is 0 Å². The summed E-state index contributed by atoms with van der Waals surface area (Å²) in [5.41, 5.74) is 21.4. The van der Waals surface area contributed by atoms with Crippen molar-refractivity contribution in [1.29, 1.82) is 0 Å². The highest BCUT2D eigenvalue weighted by Crippen LogP contribution is 2.53. The van der Waals surface area contributed by atoms with Crippen LogP contribution >= 0.6 is 47.0 Å². The first-order chi connectivity index (χ1) is 72.4. The molecule has 0 bridgehead atoms. The third-order valence-corrected chi connectivity index (χ3v) is 33.9. The van der Waals surface area contributed by atoms with E-state index in [0.717, 1.165) is 165 Å². The molecule has 15 nitrogen and oxygen atoms in total. The minimum atomic E-state index is -0.710. The van der Waals surface area contributed by atoms with Gasteiger partial charge >= 0.3 is 13.1 Å². The molecule has 0 aliphatic rings. The summed E-state index contributed by atoms with van der Waals surface area (Å²) in [5.74, 6) is 4.26. The van der Waals surface area contributed by atoms with Crippen molar-refractivity contribution in [2.75, 3.05) is 88.5 Å². The van der Waals surface area contributed by atoms with Crippen LogP contribution in [0.1, 0.15) is 242 Å². The maximum atomic E-state index is 14.1. The van der Waals surface area contributed by atoms with E-state index in [0.29, 0.717) is 70.5 Å². The number of carbonyl (C=O) groups is 4. The Labute approximate surface area is 907 Å². The van der Waals surface area contributed by atoms with Crippen LogP contribution < -0.4 is 11.1 Å². The van der Waals surface area contributed by atoms with Crippen molar-refractivity contribution in [2.24, 2.45) is 5.73 Å². The van der Waals surface area contributed by atoms with E-state index in [1.165, 1.54) is 78.9 Å². The molecule has 0 spiro atoms. The van der Waals surface area contributed by atoms with Crippen LogP contribution in [-0.4, -0.2) is 154 Å². The summed E-state index contributed by atoms with van der Waals surface area (Å²) >= 11 is 8.09. The Morgan fingerprint density at radius 2 is 0.550 bits per heavy atom. The number of nitrogens with zero attached hydrogens (tertiary/aromatic N) is 5. The number of nitrogens with two attached hydrogens (primary N) is 1. The van der Waals surface area contributed by atoms with Crippen molar-refractivity contribution in [3.63, 3.8) is 0 Å². The normalized spacial score (nSPS) is 11.6. The molecule has 0 radical (unpaired) electrons. The fraction of sp³-hybridized carbons (Fsp3) is 0.364. The zero-order valence-corrected chi connectivity index (χ0v) is 90.7. The standard InChI is InChI=1S/C66H77BN4O5S2.C62H77N3O3S2.CH4/c1-67(74)70(51-47-68-63(72)54-55-43-45-62(46-44-55)71(75)76)50-27-24-42-64(73)69(48-25-2-4-28-52-77-65(56-30-12-6-13-31-56,57-32-14-7-15-33-57)58-34-16-8-17-35-58)49-26-3-5-29-53-78-66(59-36-18-9-19-37-59,60-38-20-10-21-39-60)61-40-22-11-23-41-61;1-60(2,3)68-59(67)65(49-45-63)48-29-26-44-58(66)64(46-27-4-6-30-50-69-61(52-32-14-8-15-33-52,53-34-16-9-17-35-53)54-36-18-10-19-37-54)47-28-5-7-31-51-70-62(55-38-20-11-21-39-55,56-40-22-12-23-41-56)57-42-24-13-25-43-57;/h6-23,30-41,43-46,74H,2-5,24-29,42,47-54H2,1H3,(H,68,72);8-25,32-43H,4-7,26-31,44-51,63H2,1-3H3;1H4. The van der Waals surface area contributed by atoms with E-state index in [1.54, 1.807) is 23.9 Å². The quantitative estimate of drug-likeness (QED) is 0.0107. The van der Waals surface area contributed by atoms with Gasteiger partial charge in [-0.2, -0.15) is 0 Å². The Morgan fingerprint density at radius 1 is 0.322 bits per heavy atom. The maximum absolute atomic E-state index is 14.1. The molecule has 149 heavy (non-hydrogen) atoms. The number of nitro benzene ring substituents is 1. The molecule has 0 fully saturated rings. The van der Waals surface area contributed by atoms with Crippen LogP contribution in [-0.2, 0) is 44.5 Å². The van der Waals surface area contributed by atoms with Gasteiger partial charge in [0.1, 0.15) is 5.60 Å². The molecule has 0 aliphatic carbocycles. The molecule has 0 aliphatic heterocycles. The molecule has 4 N–H and O–H groups in total. The van der Waals surface area contributed by atoms with Crippen molar-refractivity contribution < 1.29 is 33.9 Å². The second-order valence-corrected chi connectivity index (χ2v) is 44.5. The molecule has 0 atom stereocenters. The number of unbranched alkanes of at least 4 members (excludes halogenated alkanes) is 14. The fourth-order valence-electron chi connectivity index (χ4n) is 19.8. The van der Waals surface area contributed by atoms with Crippen LogP contribution in [0.3, 0.4) is 0 Å². The van der Waals surface area contributed by atoms with Crippen LogP contribution in [0, 0.1) is 10.1 Å². The Hall–Kier alpha value is -11.7. The number of hydrogen-bond donors (Lipinski definition) is 3. The predicted octanol–water partition coefficient (Wildman–Crippen LogP) is 29.6. The molecule has 20 heteroatoms. The number of non-ortho nitro benzene ring substituents is 1. The summed E-state index contributed by atoms with van der Waals surface area (Å²) in [4.78, 5) is 72.0. The van der Waals surface area contributed by atoms with Gasteiger partial charge in [0.15, 0.2) is 0 Å². The minimum Gasteiger partial charge on any atom is -0.444 e. The van der Waals surface area contributed by atoms with Gasteiger partial charge in [-0.05, 0) is 207 Å². The third-order valence-electron chi connectivity index (χ3n) is 27.4. The molecule has 13 aromatic carbocycles. The van der Waals surface area contributed by atoms with Gasteiger partial charge < -0.3 is 40.3 Å². The molecule has 0 unspecified atom stereocenters. The first-order valence-corrected chi connectivity index (χ1v) is 57.7. The maximum Gasteiger partial charge on any atom is 0.410 e. The topological polar surface area (TPSA) is 192 Å². The highest BCUT2D eigenvalue weighted by Gasteiger charge is 2.41. The molecule has 0 saturated carbocycles. The smallest absolute Gasteiger partial charge is 0.410 e. The molecule has 13 rings (SSSR count). The number of carbonyl (C=O) groups excluding carboxylic acids is 4. The predicted molar refractivity (Wildman–Crippen MR) is 630 cm³/mol. The van der Waals surface area contributed by atoms with E-state index < -0.39 is 17.6 Å². The summed E-state index contributed by atoms with van der Waals surface area (Å²) in [6, 6.07) is 137. The van der Waals surface area contributed by atoms with Gasteiger partial charge in [-0.1, -0.05) is 435 Å². The monoisotopic (exact) mass is 2070 g/mol. The molecule has 4 amide bonds. The summed E-state index contributed by atoms with van der Waals surface area (Å²) in [6.07, 6.45) is 20.5. The lowest BCUT2D eigenvalue weighted by Gasteiger charge is -2.35. The Balaban J connectivity index is 0.000000283. The van der Waals surface area contributed by atoms with Gasteiger partial charge in [-0.3, -0.25) is 24.5 Å². The van der Waals surface area contributed by atoms with E-state index in [4.69, 9.17) is 10.5 Å². The van der Waals surface area contributed by atoms with Gasteiger partial charge in [-0.15, -0.1) is 47.0 Å². The Kier molecular flexibility index (Phi) is 50.6. The van der Waals surface area contributed by atoms with Gasteiger partial charge in [0.05, 0.1) is 30.3 Å². The van der Waals surface area contributed by atoms with Crippen molar-refractivity contribution >= 4 is 83.6 Å². The summed E-state index contributed by atoms with van der Waals surface area (Å²) < 4.78 is 4.35. The summed E-state index contributed by atoms with van der Waals surface area (Å²) in [5, 5.41) is 24.5. The van der Waals surface area contributed by atoms with E-state index in [-0.39, 0.29) is 62.3 Å². The Bertz CT molecular complexity index is 5240. The number of ether oxygens (including phenoxy) is 1. The zero-order valence-electron chi connectivity index (χ0n) is 87.4. The molecular formula is C129H158BN7O8S4. The van der Waals surface area contributed by atoms with E-state index in [9.17, 15) is 34.3 Å². The highest BCUT2D eigenvalue weighted by atomic mass is 32.2. The van der Waals surface area contributed by atoms with Gasteiger partial charge in [0.2, 0.25) is 17.7 Å². The molecule has 13 aromatic rings. The molecule has 0 heterocycles. The first kappa shape index (κ1) is 118. The second kappa shape index (κ2) is 64.1. The second-order valence-electron chi connectivity index (χ2n) is 39.2. The largest absolute Gasteiger partial charge is 0.444 e. The fourth-order valence-corrected chi connectivity index (χ4v) is 26.1. The van der Waals surface area contributed by atoms with Crippen molar-refractivity contribution in [2.45, 2.75) is 207 Å². The third kappa shape index (κ3) is 35.7. The number of rotatable bonds is 63. The van der Waals surface area contributed by atoms with Crippen LogP contribution in [0.25, 0.3) is 0 Å². The minimum absolute atomic E-state index is 0. The number of benzene rings is 13. The summed E-state index contributed by atoms with van der Waals surface area (Å²) in [6.45, 7) is 13.1. The van der Waals surface area contributed by atoms with Gasteiger partial charge in [0, 0.05) is 83.9 Å². The highest BCUT2D eigenvalue weighted by molar-refractivity contribution is 8.01. The number of hydrogen-bond acceptors (Lipinski definition) is 14. The average Bonchev–Trinajstić information content (AvgIpc) is 0.770.